The second-order valence-electron chi connectivity index (χ2n) is 4.48. The molecule has 1 unspecified atom stereocenters. The summed E-state index contributed by atoms with van der Waals surface area (Å²) in [5, 5.41) is 11.7. The van der Waals surface area contributed by atoms with Crippen LogP contribution in [0.15, 0.2) is 54.6 Å². The molecule has 0 aliphatic rings. The third kappa shape index (κ3) is 4.15. The van der Waals surface area contributed by atoms with Gasteiger partial charge in [-0.1, -0.05) is 42.5 Å². The molecule has 0 aliphatic carbocycles. The molecule has 2 aromatic rings. The first-order valence-electron chi connectivity index (χ1n) is 6.27. The standard InChI is InChI=1S/C16H15NO3.H2O/c1-11(16(19)20)17-14-9-5-8-13(10-14)15(18)12-6-3-2-4-7-12;/h2-11,17H,1H3,(H,19,20);1H2. The summed E-state index contributed by atoms with van der Waals surface area (Å²) >= 11 is 0. The van der Waals surface area contributed by atoms with Gasteiger partial charge in [0.25, 0.3) is 0 Å². The van der Waals surface area contributed by atoms with Gasteiger partial charge in [-0.25, -0.2) is 0 Å². The largest absolute Gasteiger partial charge is 0.480 e. The van der Waals surface area contributed by atoms with Gasteiger partial charge in [0.2, 0.25) is 0 Å². The summed E-state index contributed by atoms with van der Waals surface area (Å²) in [4.78, 5) is 23.1. The summed E-state index contributed by atoms with van der Waals surface area (Å²) in [6.07, 6.45) is 0. The van der Waals surface area contributed by atoms with E-state index in [-0.39, 0.29) is 11.3 Å². The minimum absolute atomic E-state index is 0. The lowest BCUT2D eigenvalue weighted by atomic mass is 10.0. The number of carbonyl (C=O) groups excluding carboxylic acids is 1. The highest BCUT2D eigenvalue weighted by Gasteiger charge is 2.12. The number of carboxylic acids is 1. The van der Waals surface area contributed by atoms with Crippen molar-refractivity contribution in [2.75, 3.05) is 5.32 Å². The van der Waals surface area contributed by atoms with Crippen molar-refractivity contribution in [2.24, 2.45) is 0 Å². The van der Waals surface area contributed by atoms with E-state index >= 15 is 0 Å². The van der Waals surface area contributed by atoms with Gasteiger partial charge in [-0.2, -0.15) is 0 Å². The predicted molar refractivity (Wildman–Crippen MR) is 80.7 cm³/mol. The van der Waals surface area contributed by atoms with Crippen molar-refractivity contribution in [2.45, 2.75) is 13.0 Å². The SMILES string of the molecule is CC(Nc1cccc(C(=O)c2ccccc2)c1)C(=O)O.O. The molecule has 5 heteroatoms. The maximum Gasteiger partial charge on any atom is 0.325 e. The van der Waals surface area contributed by atoms with Crippen LogP contribution in [0.1, 0.15) is 22.8 Å². The number of anilines is 1. The second-order valence-corrected chi connectivity index (χ2v) is 4.48. The van der Waals surface area contributed by atoms with Gasteiger partial charge in [0, 0.05) is 16.8 Å². The van der Waals surface area contributed by atoms with Crippen LogP contribution in [-0.2, 0) is 4.79 Å². The van der Waals surface area contributed by atoms with Crippen LogP contribution in [0.5, 0.6) is 0 Å². The molecule has 21 heavy (non-hydrogen) atoms. The third-order valence-electron chi connectivity index (χ3n) is 2.91. The highest BCUT2D eigenvalue weighted by Crippen LogP contribution is 2.15. The Morgan fingerprint density at radius 2 is 1.62 bits per heavy atom. The number of ketones is 1. The van der Waals surface area contributed by atoms with Crippen LogP contribution in [0.25, 0.3) is 0 Å². The van der Waals surface area contributed by atoms with E-state index in [2.05, 4.69) is 5.32 Å². The highest BCUT2D eigenvalue weighted by atomic mass is 16.4. The molecule has 0 bridgehead atoms. The van der Waals surface area contributed by atoms with E-state index in [4.69, 9.17) is 5.11 Å². The molecule has 0 aromatic heterocycles. The lowest BCUT2D eigenvalue weighted by Crippen LogP contribution is -2.25. The first-order valence-corrected chi connectivity index (χ1v) is 6.27. The first kappa shape index (κ1) is 16.4. The zero-order valence-electron chi connectivity index (χ0n) is 11.5. The smallest absolute Gasteiger partial charge is 0.325 e. The summed E-state index contributed by atoms with van der Waals surface area (Å²) in [6, 6.07) is 15.1. The molecular weight excluding hydrogens is 270 g/mol. The van der Waals surface area contributed by atoms with Crippen molar-refractivity contribution in [3.8, 4) is 0 Å². The van der Waals surface area contributed by atoms with Crippen LogP contribution in [-0.4, -0.2) is 28.4 Å². The van der Waals surface area contributed by atoms with Gasteiger partial charge in [0.05, 0.1) is 0 Å². The molecule has 0 heterocycles. The molecule has 0 spiro atoms. The zero-order valence-corrected chi connectivity index (χ0v) is 11.5. The number of rotatable bonds is 5. The summed E-state index contributed by atoms with van der Waals surface area (Å²) in [5.41, 5.74) is 1.75. The van der Waals surface area contributed by atoms with Gasteiger partial charge in [-0.15, -0.1) is 0 Å². The zero-order chi connectivity index (χ0) is 14.5. The Hall–Kier alpha value is -2.66. The van der Waals surface area contributed by atoms with Crippen molar-refractivity contribution in [1.29, 1.82) is 0 Å². The minimum atomic E-state index is -0.940. The van der Waals surface area contributed by atoms with Crippen LogP contribution < -0.4 is 5.32 Å². The number of hydrogen-bond donors (Lipinski definition) is 2. The van der Waals surface area contributed by atoms with E-state index in [0.29, 0.717) is 16.8 Å². The average molecular weight is 287 g/mol. The second kappa shape index (κ2) is 7.21. The molecule has 1 atom stereocenters. The lowest BCUT2D eigenvalue weighted by molar-refractivity contribution is -0.137. The fourth-order valence-electron chi connectivity index (χ4n) is 1.82. The minimum Gasteiger partial charge on any atom is -0.480 e. The molecule has 0 saturated heterocycles. The first-order chi connectivity index (χ1) is 9.58. The van der Waals surface area contributed by atoms with Crippen molar-refractivity contribution < 1.29 is 20.2 Å². The fraction of sp³-hybridized carbons (Fsp3) is 0.125. The normalized spacial score (nSPS) is 11.1. The van der Waals surface area contributed by atoms with Gasteiger partial charge >= 0.3 is 5.97 Å². The van der Waals surface area contributed by atoms with Gasteiger partial charge in [-0.3, -0.25) is 9.59 Å². The van der Waals surface area contributed by atoms with E-state index in [1.165, 1.54) is 0 Å². The highest BCUT2D eigenvalue weighted by molar-refractivity contribution is 6.09. The molecule has 0 aliphatic heterocycles. The molecule has 0 amide bonds. The maximum absolute atomic E-state index is 12.3. The Morgan fingerprint density at radius 3 is 2.24 bits per heavy atom. The van der Waals surface area contributed by atoms with E-state index in [1.807, 2.05) is 18.2 Å². The third-order valence-corrected chi connectivity index (χ3v) is 2.91. The van der Waals surface area contributed by atoms with Crippen molar-refractivity contribution in [3.63, 3.8) is 0 Å². The molecular formula is C16H17NO4. The van der Waals surface area contributed by atoms with Gasteiger partial charge < -0.3 is 15.9 Å². The molecule has 0 saturated carbocycles. The van der Waals surface area contributed by atoms with E-state index in [9.17, 15) is 9.59 Å². The van der Waals surface area contributed by atoms with Crippen LogP contribution in [0.3, 0.4) is 0 Å². The molecule has 0 radical (unpaired) electrons. The fourth-order valence-corrected chi connectivity index (χ4v) is 1.82. The van der Waals surface area contributed by atoms with Gasteiger partial charge in [0.15, 0.2) is 5.78 Å². The van der Waals surface area contributed by atoms with Crippen LogP contribution >= 0.6 is 0 Å². The molecule has 5 nitrogen and oxygen atoms in total. The monoisotopic (exact) mass is 287 g/mol. The molecule has 2 rings (SSSR count). The molecule has 2 aromatic carbocycles. The maximum atomic E-state index is 12.3. The van der Waals surface area contributed by atoms with Crippen molar-refractivity contribution in [3.05, 3.63) is 65.7 Å². The van der Waals surface area contributed by atoms with Crippen LogP contribution in [0.2, 0.25) is 0 Å². The van der Waals surface area contributed by atoms with Gasteiger partial charge in [-0.05, 0) is 19.1 Å². The molecule has 4 N–H and O–H groups in total. The van der Waals surface area contributed by atoms with Gasteiger partial charge in [0.1, 0.15) is 6.04 Å². The number of aliphatic carboxylic acids is 1. The Bertz CT molecular complexity index is 625. The number of benzene rings is 2. The number of hydrogen-bond acceptors (Lipinski definition) is 3. The number of carbonyl (C=O) groups is 2. The Morgan fingerprint density at radius 1 is 1.00 bits per heavy atom. The Balaban J connectivity index is 0.00000220. The quantitative estimate of drug-likeness (QED) is 0.821. The average Bonchev–Trinajstić information content (AvgIpc) is 2.47. The molecule has 0 fully saturated rings. The van der Waals surface area contributed by atoms with Crippen LogP contribution in [0.4, 0.5) is 5.69 Å². The summed E-state index contributed by atoms with van der Waals surface area (Å²) in [6.45, 7) is 1.55. The Labute approximate surface area is 122 Å². The topological polar surface area (TPSA) is 97.9 Å². The predicted octanol–water partition coefficient (Wildman–Crippen LogP) is 1.98. The van der Waals surface area contributed by atoms with E-state index in [1.54, 1.807) is 43.3 Å². The lowest BCUT2D eigenvalue weighted by Gasteiger charge is -2.11. The van der Waals surface area contributed by atoms with E-state index in [0.717, 1.165) is 0 Å². The van der Waals surface area contributed by atoms with Crippen molar-refractivity contribution >= 4 is 17.4 Å². The molecule has 110 valence electrons. The number of carboxylic acid groups (broad SMARTS) is 1. The Kier molecular flexibility index (Phi) is 5.63. The van der Waals surface area contributed by atoms with E-state index < -0.39 is 12.0 Å². The summed E-state index contributed by atoms with van der Waals surface area (Å²) in [5.74, 6) is -1.03. The van der Waals surface area contributed by atoms with Crippen LogP contribution in [0, 0.1) is 0 Å². The summed E-state index contributed by atoms with van der Waals surface area (Å²) < 4.78 is 0. The van der Waals surface area contributed by atoms with Crippen molar-refractivity contribution in [1.82, 2.24) is 0 Å². The number of nitrogens with one attached hydrogen (secondary N) is 1. The summed E-state index contributed by atoms with van der Waals surface area (Å²) in [7, 11) is 0.